The molecule has 1 aliphatic carbocycles. The minimum atomic E-state index is -1.35. The van der Waals surface area contributed by atoms with E-state index in [0.29, 0.717) is 24.2 Å². The van der Waals surface area contributed by atoms with Crippen molar-refractivity contribution >= 4 is 5.82 Å². The van der Waals surface area contributed by atoms with E-state index in [2.05, 4.69) is 4.98 Å². The second-order valence-electron chi connectivity index (χ2n) is 4.02. The van der Waals surface area contributed by atoms with Gasteiger partial charge < -0.3 is 11.5 Å². The summed E-state index contributed by atoms with van der Waals surface area (Å²) in [4.78, 5) is 3.91. The second kappa shape index (κ2) is 2.92. The zero-order valence-corrected chi connectivity index (χ0v) is 8.13. The number of aromatic nitrogens is 1. The molecular weight excluding hydrogens is 181 g/mol. The Hall–Kier alpha value is -1.16. The molecular formula is C10H14FN3. The van der Waals surface area contributed by atoms with E-state index >= 15 is 0 Å². The Morgan fingerprint density at radius 3 is 2.71 bits per heavy atom. The van der Waals surface area contributed by atoms with E-state index in [4.69, 9.17) is 11.5 Å². The first-order valence-electron chi connectivity index (χ1n) is 4.69. The van der Waals surface area contributed by atoms with E-state index in [1.165, 1.54) is 0 Å². The summed E-state index contributed by atoms with van der Waals surface area (Å²) >= 11 is 0. The number of hydrogen-bond acceptors (Lipinski definition) is 3. The zero-order chi connectivity index (χ0) is 10.3. The van der Waals surface area contributed by atoms with Gasteiger partial charge in [0.25, 0.3) is 0 Å². The van der Waals surface area contributed by atoms with E-state index in [0.717, 1.165) is 5.56 Å². The van der Waals surface area contributed by atoms with E-state index < -0.39 is 5.67 Å². The number of nitrogens with two attached hydrogens (primary N) is 2. The SMILES string of the molecule is Cc1ccnc(N)c1C1(F)CC(N)C1. The van der Waals surface area contributed by atoms with Gasteiger partial charge in [-0.25, -0.2) is 9.37 Å². The normalized spacial score (nSPS) is 31.2. The van der Waals surface area contributed by atoms with Crippen LogP contribution in [0.2, 0.25) is 0 Å². The van der Waals surface area contributed by atoms with Crippen LogP contribution in [-0.2, 0) is 5.67 Å². The lowest BCUT2D eigenvalue weighted by atomic mass is 9.72. The Balaban J connectivity index is 2.41. The summed E-state index contributed by atoms with van der Waals surface area (Å²) in [5.74, 6) is 0.291. The molecule has 0 spiro atoms. The lowest BCUT2D eigenvalue weighted by molar-refractivity contribution is 0.0404. The third kappa shape index (κ3) is 1.26. The van der Waals surface area contributed by atoms with Gasteiger partial charge in [0.05, 0.1) is 0 Å². The van der Waals surface area contributed by atoms with Gasteiger partial charge in [-0.15, -0.1) is 0 Å². The first-order chi connectivity index (χ1) is 6.53. The number of rotatable bonds is 1. The number of halogens is 1. The highest BCUT2D eigenvalue weighted by Gasteiger charge is 2.46. The van der Waals surface area contributed by atoms with Gasteiger partial charge in [0.1, 0.15) is 11.5 Å². The van der Waals surface area contributed by atoms with Crippen molar-refractivity contribution in [2.75, 3.05) is 5.73 Å². The highest BCUT2D eigenvalue weighted by Crippen LogP contribution is 2.47. The topological polar surface area (TPSA) is 64.9 Å². The van der Waals surface area contributed by atoms with Gasteiger partial charge in [0, 0.05) is 30.6 Å². The Kier molecular flexibility index (Phi) is 1.96. The van der Waals surface area contributed by atoms with Crippen LogP contribution in [0.1, 0.15) is 24.0 Å². The molecule has 4 N–H and O–H groups in total. The minimum Gasteiger partial charge on any atom is -0.383 e. The molecule has 0 saturated heterocycles. The van der Waals surface area contributed by atoms with E-state index in [9.17, 15) is 4.39 Å². The molecule has 4 heteroatoms. The van der Waals surface area contributed by atoms with E-state index in [1.807, 2.05) is 6.92 Å². The second-order valence-corrected chi connectivity index (χ2v) is 4.02. The van der Waals surface area contributed by atoms with Crippen molar-refractivity contribution in [2.45, 2.75) is 31.5 Å². The molecule has 1 aromatic heterocycles. The Morgan fingerprint density at radius 1 is 1.57 bits per heavy atom. The molecule has 1 fully saturated rings. The molecule has 1 saturated carbocycles. The van der Waals surface area contributed by atoms with Crippen molar-refractivity contribution in [1.29, 1.82) is 0 Å². The lowest BCUT2D eigenvalue weighted by Crippen LogP contribution is -2.47. The van der Waals surface area contributed by atoms with Gasteiger partial charge in [-0.3, -0.25) is 0 Å². The Morgan fingerprint density at radius 2 is 2.21 bits per heavy atom. The maximum absolute atomic E-state index is 14.2. The fraction of sp³-hybridized carbons (Fsp3) is 0.500. The molecule has 0 unspecified atom stereocenters. The summed E-state index contributed by atoms with van der Waals surface area (Å²) in [6.45, 7) is 1.85. The summed E-state index contributed by atoms with van der Waals surface area (Å²) in [7, 11) is 0. The zero-order valence-electron chi connectivity index (χ0n) is 8.13. The van der Waals surface area contributed by atoms with Gasteiger partial charge in [-0.1, -0.05) is 0 Å². The fourth-order valence-corrected chi connectivity index (χ4v) is 2.14. The first-order valence-corrected chi connectivity index (χ1v) is 4.69. The molecule has 0 amide bonds. The number of hydrogen-bond donors (Lipinski definition) is 2. The van der Waals surface area contributed by atoms with Crippen LogP contribution in [0.15, 0.2) is 12.3 Å². The van der Waals surface area contributed by atoms with Crippen LogP contribution in [0.5, 0.6) is 0 Å². The minimum absolute atomic E-state index is 0.0426. The molecule has 0 aromatic carbocycles. The van der Waals surface area contributed by atoms with Gasteiger partial charge in [0.15, 0.2) is 0 Å². The molecule has 0 radical (unpaired) electrons. The van der Waals surface area contributed by atoms with E-state index in [-0.39, 0.29) is 6.04 Å². The molecule has 0 bridgehead atoms. The van der Waals surface area contributed by atoms with Crippen LogP contribution in [0.3, 0.4) is 0 Å². The standard InChI is InChI=1S/C10H14FN3/c1-6-2-3-14-9(13)8(6)10(11)4-7(12)5-10/h2-3,7H,4-5,12H2,1H3,(H2,13,14). The average Bonchev–Trinajstić information content (AvgIpc) is 2.00. The smallest absolute Gasteiger partial charge is 0.142 e. The number of pyridine rings is 1. The quantitative estimate of drug-likeness (QED) is 0.709. The highest BCUT2D eigenvalue weighted by atomic mass is 19.1. The van der Waals surface area contributed by atoms with E-state index in [1.54, 1.807) is 12.3 Å². The Labute approximate surface area is 82.3 Å². The number of nitrogen functional groups attached to an aromatic ring is 1. The number of alkyl halides is 1. The number of anilines is 1. The van der Waals surface area contributed by atoms with Crippen LogP contribution in [0.25, 0.3) is 0 Å². The average molecular weight is 195 g/mol. The van der Waals surface area contributed by atoms with Crippen LogP contribution < -0.4 is 11.5 Å². The molecule has 0 atom stereocenters. The summed E-state index contributed by atoms with van der Waals surface area (Å²) in [6.07, 6.45) is 2.30. The third-order valence-corrected chi connectivity index (χ3v) is 2.81. The van der Waals surface area contributed by atoms with Crippen molar-refractivity contribution < 1.29 is 4.39 Å². The number of nitrogens with zero attached hydrogens (tertiary/aromatic N) is 1. The van der Waals surface area contributed by atoms with Crippen LogP contribution in [0, 0.1) is 6.92 Å². The molecule has 3 nitrogen and oxygen atoms in total. The maximum Gasteiger partial charge on any atom is 0.142 e. The lowest BCUT2D eigenvalue weighted by Gasteiger charge is -2.40. The summed E-state index contributed by atoms with van der Waals surface area (Å²) in [6, 6.07) is 1.73. The molecule has 14 heavy (non-hydrogen) atoms. The summed E-state index contributed by atoms with van der Waals surface area (Å²) in [5.41, 5.74) is 11.3. The van der Waals surface area contributed by atoms with Crippen LogP contribution in [-0.4, -0.2) is 11.0 Å². The van der Waals surface area contributed by atoms with Gasteiger partial charge in [-0.05, 0) is 18.6 Å². The van der Waals surface area contributed by atoms with Gasteiger partial charge in [0.2, 0.25) is 0 Å². The van der Waals surface area contributed by atoms with Crippen LogP contribution in [0.4, 0.5) is 10.2 Å². The van der Waals surface area contributed by atoms with Crippen molar-refractivity contribution in [3.8, 4) is 0 Å². The largest absolute Gasteiger partial charge is 0.383 e. The first kappa shape index (κ1) is 9.40. The molecule has 76 valence electrons. The van der Waals surface area contributed by atoms with Crippen molar-refractivity contribution in [3.05, 3.63) is 23.4 Å². The predicted molar refractivity (Wildman–Crippen MR) is 53.4 cm³/mol. The van der Waals surface area contributed by atoms with Crippen LogP contribution >= 0.6 is 0 Å². The predicted octanol–water partition coefficient (Wildman–Crippen LogP) is 1.26. The maximum atomic E-state index is 14.2. The fourth-order valence-electron chi connectivity index (χ4n) is 2.14. The molecule has 1 heterocycles. The number of aryl methyl sites for hydroxylation is 1. The van der Waals surface area contributed by atoms with Gasteiger partial charge >= 0.3 is 0 Å². The van der Waals surface area contributed by atoms with Crippen molar-refractivity contribution in [1.82, 2.24) is 4.98 Å². The molecule has 1 aromatic rings. The van der Waals surface area contributed by atoms with Crippen molar-refractivity contribution in [2.24, 2.45) is 5.73 Å². The summed E-state index contributed by atoms with van der Waals surface area (Å²) < 4.78 is 14.2. The molecule has 1 aliphatic rings. The van der Waals surface area contributed by atoms with Gasteiger partial charge in [-0.2, -0.15) is 0 Å². The molecule has 2 rings (SSSR count). The Bertz CT molecular complexity index is 338. The highest BCUT2D eigenvalue weighted by molar-refractivity contribution is 5.49. The summed E-state index contributed by atoms with van der Waals surface area (Å²) in [5, 5.41) is 0. The molecule has 0 aliphatic heterocycles. The van der Waals surface area contributed by atoms with Crippen molar-refractivity contribution in [3.63, 3.8) is 0 Å². The monoisotopic (exact) mass is 195 g/mol. The third-order valence-electron chi connectivity index (χ3n) is 2.81.